The van der Waals surface area contributed by atoms with Crippen LogP contribution in [0.5, 0.6) is 17.2 Å². The lowest BCUT2D eigenvalue weighted by Crippen LogP contribution is -2.33. The molecular weight excluding hydrogens is 436 g/mol. The van der Waals surface area contributed by atoms with Gasteiger partial charge in [0.25, 0.3) is 5.56 Å². The van der Waals surface area contributed by atoms with E-state index in [1.807, 2.05) is 3.96 Å². The van der Waals surface area contributed by atoms with E-state index in [0.29, 0.717) is 22.6 Å². The molecule has 1 fully saturated rings. The Balaban J connectivity index is 1.29. The van der Waals surface area contributed by atoms with Crippen LogP contribution >= 0.6 is 11.5 Å². The zero-order chi connectivity index (χ0) is 23.2. The normalized spacial score (nSPS) is 15.1. The minimum atomic E-state index is 0.0171. The molecule has 1 aliphatic heterocycles. The molecule has 1 aromatic heterocycles. The van der Waals surface area contributed by atoms with Crippen LogP contribution in [-0.2, 0) is 13.1 Å². The van der Waals surface area contributed by atoms with Gasteiger partial charge in [-0.2, -0.15) is 0 Å². The molecule has 0 N–H and O–H groups in total. The molecule has 1 saturated heterocycles. The fourth-order valence-corrected chi connectivity index (χ4v) is 5.90. The Morgan fingerprint density at radius 3 is 2.36 bits per heavy atom. The molecule has 2 heterocycles. The van der Waals surface area contributed by atoms with Gasteiger partial charge in [0.1, 0.15) is 4.70 Å². The van der Waals surface area contributed by atoms with Crippen LogP contribution in [0.2, 0.25) is 0 Å². The summed E-state index contributed by atoms with van der Waals surface area (Å²) in [4.78, 5) is 15.5. The van der Waals surface area contributed by atoms with Crippen molar-refractivity contribution in [2.24, 2.45) is 5.92 Å². The van der Waals surface area contributed by atoms with E-state index in [-0.39, 0.29) is 5.56 Å². The maximum atomic E-state index is 13.0. The topological polar surface area (TPSA) is 52.9 Å². The average Bonchev–Trinajstić information content (AvgIpc) is 3.17. The first-order valence-corrected chi connectivity index (χ1v) is 12.5. The molecule has 3 aromatic rings. The quantitative estimate of drug-likeness (QED) is 0.383. The molecule has 4 rings (SSSR count). The summed E-state index contributed by atoms with van der Waals surface area (Å²) in [5.74, 6) is 2.40. The molecule has 0 radical (unpaired) electrons. The first-order valence-electron chi connectivity index (χ1n) is 11.7. The Morgan fingerprint density at radius 2 is 1.70 bits per heavy atom. The van der Waals surface area contributed by atoms with Crippen LogP contribution < -0.4 is 19.8 Å². The number of piperidine rings is 1. The van der Waals surface area contributed by atoms with E-state index in [4.69, 9.17) is 14.2 Å². The highest BCUT2D eigenvalue weighted by atomic mass is 32.1. The number of aryl methyl sites for hydroxylation is 1. The summed E-state index contributed by atoms with van der Waals surface area (Å²) in [6.07, 6.45) is 5.93. The second-order valence-corrected chi connectivity index (χ2v) is 9.75. The minimum absolute atomic E-state index is 0.0171. The van der Waals surface area contributed by atoms with Crippen LogP contribution in [0.15, 0.2) is 41.2 Å². The SMILES string of the molecule is COc1cc2c(=O)n(CCCCC3CCN(Cc4ccccc4)CC3)sc2c(OC)c1OC. The van der Waals surface area contributed by atoms with Crippen molar-refractivity contribution in [2.75, 3.05) is 34.4 Å². The van der Waals surface area contributed by atoms with Crippen molar-refractivity contribution in [2.45, 2.75) is 45.2 Å². The number of unbranched alkanes of at least 4 members (excludes halogenated alkanes) is 1. The molecule has 0 atom stereocenters. The van der Waals surface area contributed by atoms with Gasteiger partial charge in [0.15, 0.2) is 11.5 Å². The Bertz CT molecular complexity index is 1100. The third-order valence-electron chi connectivity index (χ3n) is 6.62. The molecule has 6 nitrogen and oxygen atoms in total. The van der Waals surface area contributed by atoms with Crippen LogP contribution in [-0.4, -0.2) is 43.3 Å². The number of benzene rings is 2. The number of nitrogens with zero attached hydrogens (tertiary/aromatic N) is 2. The monoisotopic (exact) mass is 470 g/mol. The lowest BCUT2D eigenvalue weighted by molar-refractivity contribution is 0.170. The first-order chi connectivity index (χ1) is 16.1. The van der Waals surface area contributed by atoms with Crippen LogP contribution in [0.25, 0.3) is 10.1 Å². The number of methoxy groups -OCH3 is 3. The highest BCUT2D eigenvalue weighted by Crippen LogP contribution is 2.44. The van der Waals surface area contributed by atoms with Crippen molar-refractivity contribution < 1.29 is 14.2 Å². The summed E-state index contributed by atoms with van der Waals surface area (Å²) in [5, 5.41) is 0.625. The van der Waals surface area contributed by atoms with E-state index in [2.05, 4.69) is 35.2 Å². The Hall–Kier alpha value is -2.51. The molecule has 1 aliphatic rings. The third-order valence-corrected chi connectivity index (χ3v) is 7.78. The number of rotatable bonds is 10. The van der Waals surface area contributed by atoms with Crippen molar-refractivity contribution >= 4 is 21.6 Å². The predicted octanol–water partition coefficient (Wildman–Crippen LogP) is 5.17. The van der Waals surface area contributed by atoms with Crippen molar-refractivity contribution in [3.63, 3.8) is 0 Å². The maximum absolute atomic E-state index is 13.0. The first kappa shape index (κ1) is 23.6. The zero-order valence-electron chi connectivity index (χ0n) is 19.8. The summed E-state index contributed by atoms with van der Waals surface area (Å²) in [6, 6.07) is 12.5. The average molecular weight is 471 g/mol. The van der Waals surface area contributed by atoms with E-state index in [1.54, 1.807) is 27.4 Å². The van der Waals surface area contributed by atoms with Crippen LogP contribution in [0, 0.1) is 5.92 Å². The molecule has 2 aromatic carbocycles. The number of likely N-dealkylation sites (tertiary alicyclic amines) is 1. The Morgan fingerprint density at radius 1 is 0.970 bits per heavy atom. The number of fused-ring (bicyclic) bond motifs is 1. The summed E-state index contributed by atoms with van der Waals surface area (Å²) in [7, 11) is 4.74. The van der Waals surface area contributed by atoms with E-state index in [0.717, 1.165) is 36.5 Å². The molecule has 0 bridgehead atoms. The van der Waals surface area contributed by atoms with Crippen molar-refractivity contribution in [3.8, 4) is 17.2 Å². The Labute approximate surface area is 199 Å². The van der Waals surface area contributed by atoms with Gasteiger partial charge in [-0.15, -0.1) is 0 Å². The maximum Gasteiger partial charge on any atom is 0.268 e. The number of ether oxygens (including phenoxy) is 3. The summed E-state index contributed by atoms with van der Waals surface area (Å²) in [6.45, 7) is 4.15. The second kappa shape index (κ2) is 11.1. The van der Waals surface area contributed by atoms with Gasteiger partial charge >= 0.3 is 0 Å². The smallest absolute Gasteiger partial charge is 0.268 e. The van der Waals surface area contributed by atoms with Crippen LogP contribution in [0.3, 0.4) is 0 Å². The lowest BCUT2D eigenvalue weighted by atomic mass is 9.91. The molecule has 0 aliphatic carbocycles. The molecule has 33 heavy (non-hydrogen) atoms. The fourth-order valence-electron chi connectivity index (χ4n) is 4.78. The summed E-state index contributed by atoms with van der Waals surface area (Å²) >= 11 is 1.45. The predicted molar refractivity (Wildman–Crippen MR) is 134 cm³/mol. The van der Waals surface area contributed by atoms with Crippen molar-refractivity contribution in [1.29, 1.82) is 0 Å². The van der Waals surface area contributed by atoms with Gasteiger partial charge in [-0.1, -0.05) is 54.7 Å². The fraction of sp³-hybridized carbons (Fsp3) is 0.500. The number of hydrogen-bond acceptors (Lipinski definition) is 6. The van der Waals surface area contributed by atoms with E-state index >= 15 is 0 Å². The van der Waals surface area contributed by atoms with Gasteiger partial charge in [0.2, 0.25) is 5.75 Å². The molecule has 0 saturated carbocycles. The highest BCUT2D eigenvalue weighted by Gasteiger charge is 2.22. The summed E-state index contributed by atoms with van der Waals surface area (Å²) < 4.78 is 19.1. The second-order valence-electron chi connectivity index (χ2n) is 8.72. The largest absolute Gasteiger partial charge is 0.493 e. The van der Waals surface area contributed by atoms with E-state index in [1.165, 1.54) is 49.4 Å². The standard InChI is InChI=1S/C26H34N2O4S/c1-30-22-17-21-25(24(32-3)23(22)31-2)33-28(26(21)29)14-8-7-9-19-12-15-27(16-13-19)18-20-10-5-4-6-11-20/h4-6,10-11,17,19H,7-9,12-16,18H2,1-3H3. The van der Waals surface area contributed by atoms with Gasteiger partial charge in [-0.3, -0.25) is 13.7 Å². The molecule has 0 unspecified atom stereocenters. The minimum Gasteiger partial charge on any atom is -0.493 e. The highest BCUT2D eigenvalue weighted by molar-refractivity contribution is 7.14. The van der Waals surface area contributed by atoms with Gasteiger partial charge in [0.05, 0.1) is 26.7 Å². The lowest BCUT2D eigenvalue weighted by Gasteiger charge is -2.32. The van der Waals surface area contributed by atoms with Crippen LogP contribution in [0.1, 0.15) is 37.7 Å². The van der Waals surface area contributed by atoms with Gasteiger partial charge < -0.3 is 14.2 Å². The summed E-state index contributed by atoms with van der Waals surface area (Å²) in [5.41, 5.74) is 1.42. The van der Waals surface area contributed by atoms with E-state index < -0.39 is 0 Å². The van der Waals surface area contributed by atoms with Crippen molar-refractivity contribution in [1.82, 2.24) is 8.86 Å². The number of hydrogen-bond donors (Lipinski definition) is 0. The van der Waals surface area contributed by atoms with E-state index in [9.17, 15) is 4.79 Å². The zero-order valence-corrected chi connectivity index (χ0v) is 20.7. The molecule has 178 valence electrons. The van der Waals surface area contributed by atoms with Gasteiger partial charge in [-0.05, 0) is 49.9 Å². The van der Waals surface area contributed by atoms with Crippen molar-refractivity contribution in [3.05, 3.63) is 52.3 Å². The van der Waals surface area contributed by atoms with Gasteiger partial charge in [0, 0.05) is 13.1 Å². The molecular formula is C26H34N2O4S. The Kier molecular flexibility index (Phi) is 7.93. The van der Waals surface area contributed by atoms with Gasteiger partial charge in [-0.25, -0.2) is 0 Å². The van der Waals surface area contributed by atoms with Crippen LogP contribution in [0.4, 0.5) is 0 Å². The molecule has 0 spiro atoms. The molecule has 7 heteroatoms. The number of aromatic nitrogens is 1. The molecule has 0 amide bonds. The third kappa shape index (κ3) is 5.36.